The molecular weight excluding hydrogens is 304 g/mol. The number of likely N-dealkylation sites (tertiary alicyclic amines) is 1. The Labute approximate surface area is 132 Å². The molecule has 114 valence electrons. The SMILES string of the molecule is CCN(CC)c1nc2sc(C(=O)N3CC[C@@H](N)C3)cc2s1. The maximum absolute atomic E-state index is 12.4. The van der Waals surface area contributed by atoms with Crippen LogP contribution >= 0.6 is 22.7 Å². The van der Waals surface area contributed by atoms with Crippen LogP contribution in [0.25, 0.3) is 9.53 Å². The predicted octanol–water partition coefficient (Wildman–Crippen LogP) is 2.38. The molecule has 1 atom stereocenters. The summed E-state index contributed by atoms with van der Waals surface area (Å²) in [5.74, 6) is 0.0996. The topological polar surface area (TPSA) is 62.5 Å². The number of carbonyl (C=O) groups excluding carboxylic acids is 1. The molecule has 0 unspecified atom stereocenters. The lowest BCUT2D eigenvalue weighted by Crippen LogP contribution is -2.31. The summed E-state index contributed by atoms with van der Waals surface area (Å²) in [6.45, 7) is 7.60. The Kier molecular flexibility index (Phi) is 4.14. The normalized spacial score (nSPS) is 18.6. The molecule has 3 rings (SSSR count). The molecule has 0 spiro atoms. The second-order valence-electron chi connectivity index (χ2n) is 5.25. The summed E-state index contributed by atoms with van der Waals surface area (Å²) < 4.78 is 1.11. The lowest BCUT2D eigenvalue weighted by molar-refractivity contribution is 0.0795. The van der Waals surface area contributed by atoms with E-state index in [4.69, 9.17) is 5.73 Å². The molecule has 2 aromatic heterocycles. The molecule has 0 aliphatic carbocycles. The molecule has 1 aliphatic heterocycles. The van der Waals surface area contributed by atoms with Crippen LogP contribution in [0.1, 0.15) is 29.9 Å². The van der Waals surface area contributed by atoms with Gasteiger partial charge in [0.15, 0.2) is 5.13 Å². The molecule has 0 radical (unpaired) electrons. The number of carbonyl (C=O) groups is 1. The van der Waals surface area contributed by atoms with Gasteiger partial charge in [0.05, 0.1) is 9.58 Å². The summed E-state index contributed by atoms with van der Waals surface area (Å²) in [5, 5.41) is 1.04. The molecule has 2 N–H and O–H groups in total. The van der Waals surface area contributed by atoms with Crippen LogP contribution < -0.4 is 10.6 Å². The van der Waals surface area contributed by atoms with Gasteiger partial charge in [0.1, 0.15) is 4.83 Å². The van der Waals surface area contributed by atoms with Crippen LogP contribution in [0.5, 0.6) is 0 Å². The van der Waals surface area contributed by atoms with Gasteiger partial charge in [-0.25, -0.2) is 4.98 Å². The summed E-state index contributed by atoms with van der Waals surface area (Å²) in [6, 6.07) is 2.11. The maximum atomic E-state index is 12.4. The number of hydrogen-bond acceptors (Lipinski definition) is 6. The molecule has 3 heterocycles. The van der Waals surface area contributed by atoms with E-state index >= 15 is 0 Å². The molecule has 0 saturated carbocycles. The van der Waals surface area contributed by atoms with Crippen molar-refractivity contribution in [3.8, 4) is 0 Å². The van der Waals surface area contributed by atoms with Gasteiger partial charge in [0, 0.05) is 32.2 Å². The first-order valence-electron chi connectivity index (χ1n) is 7.32. The Hall–Kier alpha value is -1.18. The average Bonchev–Trinajstić information content (AvgIpc) is 3.13. The van der Waals surface area contributed by atoms with Crippen molar-refractivity contribution < 1.29 is 4.79 Å². The van der Waals surface area contributed by atoms with Crippen LogP contribution in [0.3, 0.4) is 0 Å². The standard InChI is InChI=1S/C14H20N4OS2/c1-3-17(4-2)14-16-12-10(21-14)7-11(20-12)13(19)18-6-5-9(15)8-18/h7,9H,3-6,8,15H2,1-2H3/t9-/m1/s1. The first-order valence-corrected chi connectivity index (χ1v) is 8.95. The molecule has 0 aromatic carbocycles. The summed E-state index contributed by atoms with van der Waals surface area (Å²) in [5.41, 5.74) is 5.87. The largest absolute Gasteiger partial charge is 0.349 e. The van der Waals surface area contributed by atoms with Gasteiger partial charge in [0.2, 0.25) is 0 Å². The van der Waals surface area contributed by atoms with Crippen LogP contribution in [0.2, 0.25) is 0 Å². The fourth-order valence-corrected chi connectivity index (χ4v) is 4.89. The lowest BCUT2D eigenvalue weighted by atomic mass is 10.3. The van der Waals surface area contributed by atoms with E-state index < -0.39 is 0 Å². The predicted molar refractivity (Wildman–Crippen MR) is 89.6 cm³/mol. The van der Waals surface area contributed by atoms with Gasteiger partial charge in [-0.1, -0.05) is 11.3 Å². The monoisotopic (exact) mass is 324 g/mol. The number of nitrogens with zero attached hydrogens (tertiary/aromatic N) is 3. The van der Waals surface area contributed by atoms with E-state index in [0.717, 1.165) is 45.6 Å². The van der Waals surface area contributed by atoms with Crippen LogP contribution in [0, 0.1) is 0 Å². The third kappa shape index (κ3) is 2.77. The highest BCUT2D eigenvalue weighted by Gasteiger charge is 2.26. The zero-order valence-electron chi connectivity index (χ0n) is 12.3. The molecule has 0 bridgehead atoms. The minimum absolute atomic E-state index is 0.0996. The highest BCUT2D eigenvalue weighted by atomic mass is 32.1. The molecule has 1 fully saturated rings. The lowest BCUT2D eigenvalue weighted by Gasteiger charge is -2.16. The Morgan fingerprint density at radius 1 is 1.48 bits per heavy atom. The summed E-state index contributed by atoms with van der Waals surface area (Å²) >= 11 is 3.16. The second-order valence-corrected chi connectivity index (χ2v) is 7.29. The van der Waals surface area contributed by atoms with Crippen molar-refractivity contribution in [3.05, 3.63) is 10.9 Å². The van der Waals surface area contributed by atoms with Crippen molar-refractivity contribution in [2.24, 2.45) is 5.73 Å². The number of hydrogen-bond donors (Lipinski definition) is 1. The van der Waals surface area contributed by atoms with E-state index in [9.17, 15) is 4.79 Å². The summed E-state index contributed by atoms with van der Waals surface area (Å²) in [6.07, 6.45) is 0.899. The smallest absolute Gasteiger partial charge is 0.264 e. The van der Waals surface area contributed by atoms with Gasteiger partial charge in [0.25, 0.3) is 5.91 Å². The molecule has 5 nitrogen and oxygen atoms in total. The number of amides is 1. The third-order valence-electron chi connectivity index (χ3n) is 3.83. The molecule has 1 saturated heterocycles. The minimum atomic E-state index is 0.0996. The highest BCUT2D eigenvalue weighted by Crippen LogP contribution is 2.35. The van der Waals surface area contributed by atoms with Gasteiger partial charge in [-0.3, -0.25) is 4.79 Å². The third-order valence-corrected chi connectivity index (χ3v) is 6.04. The molecule has 7 heteroatoms. The van der Waals surface area contributed by atoms with E-state index in [1.165, 1.54) is 11.3 Å². The molecule has 21 heavy (non-hydrogen) atoms. The van der Waals surface area contributed by atoms with Crippen molar-refractivity contribution >= 4 is 43.2 Å². The van der Waals surface area contributed by atoms with Crippen molar-refractivity contribution in [1.82, 2.24) is 9.88 Å². The van der Waals surface area contributed by atoms with Crippen molar-refractivity contribution in [2.75, 3.05) is 31.1 Å². The van der Waals surface area contributed by atoms with Crippen molar-refractivity contribution in [1.29, 1.82) is 0 Å². The van der Waals surface area contributed by atoms with E-state index in [2.05, 4.69) is 23.7 Å². The number of thiazole rings is 1. The minimum Gasteiger partial charge on any atom is -0.349 e. The van der Waals surface area contributed by atoms with Gasteiger partial charge >= 0.3 is 0 Å². The quantitative estimate of drug-likeness (QED) is 0.938. The van der Waals surface area contributed by atoms with Crippen LogP contribution in [0.15, 0.2) is 6.07 Å². The van der Waals surface area contributed by atoms with Gasteiger partial charge in [-0.2, -0.15) is 0 Å². The Balaban J connectivity index is 1.82. The maximum Gasteiger partial charge on any atom is 0.264 e. The van der Waals surface area contributed by atoms with E-state index in [1.807, 2.05) is 11.0 Å². The molecule has 2 aromatic rings. The summed E-state index contributed by atoms with van der Waals surface area (Å²) in [7, 11) is 0. The molecule has 1 amide bonds. The van der Waals surface area contributed by atoms with Crippen molar-refractivity contribution in [2.45, 2.75) is 26.3 Å². The van der Waals surface area contributed by atoms with E-state index in [1.54, 1.807) is 11.3 Å². The van der Waals surface area contributed by atoms with Crippen LogP contribution in [0.4, 0.5) is 5.13 Å². The Morgan fingerprint density at radius 3 is 2.81 bits per heavy atom. The van der Waals surface area contributed by atoms with Gasteiger partial charge in [-0.15, -0.1) is 11.3 Å². The fourth-order valence-electron chi connectivity index (χ4n) is 2.59. The molecule has 1 aliphatic rings. The first-order chi connectivity index (χ1) is 10.1. The number of fused-ring (bicyclic) bond motifs is 1. The highest BCUT2D eigenvalue weighted by molar-refractivity contribution is 7.29. The average molecular weight is 324 g/mol. The number of aromatic nitrogens is 1. The van der Waals surface area contributed by atoms with Gasteiger partial charge < -0.3 is 15.5 Å². The zero-order chi connectivity index (χ0) is 15.0. The molecular formula is C14H20N4OS2. The second kappa shape index (κ2) is 5.90. The Morgan fingerprint density at radius 2 is 2.24 bits per heavy atom. The van der Waals surface area contributed by atoms with Crippen LogP contribution in [-0.2, 0) is 0 Å². The van der Waals surface area contributed by atoms with Crippen molar-refractivity contribution in [3.63, 3.8) is 0 Å². The first kappa shape index (κ1) is 14.7. The van der Waals surface area contributed by atoms with Gasteiger partial charge in [-0.05, 0) is 26.3 Å². The Bertz CT molecular complexity index is 615. The fraction of sp³-hybridized carbons (Fsp3) is 0.571. The zero-order valence-corrected chi connectivity index (χ0v) is 14.0. The number of anilines is 1. The number of nitrogens with two attached hydrogens (primary N) is 1. The number of rotatable bonds is 4. The van der Waals surface area contributed by atoms with E-state index in [0.29, 0.717) is 6.54 Å². The number of thiophene rings is 1. The van der Waals surface area contributed by atoms with E-state index in [-0.39, 0.29) is 11.9 Å². The summed E-state index contributed by atoms with van der Waals surface area (Å²) in [4.78, 5) is 22.9. The van der Waals surface area contributed by atoms with Crippen LogP contribution in [-0.4, -0.2) is 48.0 Å².